The Morgan fingerprint density at radius 1 is 0.938 bits per heavy atom. The number of amides is 2. The van der Waals surface area contributed by atoms with Crippen molar-refractivity contribution in [2.24, 2.45) is 5.92 Å². The highest BCUT2D eigenvalue weighted by Gasteiger charge is 2.59. The van der Waals surface area contributed by atoms with Crippen LogP contribution in [0.2, 0.25) is 0 Å². The minimum Gasteiger partial charge on any atom is -0.504 e. The first-order chi connectivity index (χ1) is 15.6. The van der Waals surface area contributed by atoms with Gasteiger partial charge in [0.2, 0.25) is 5.91 Å². The van der Waals surface area contributed by atoms with E-state index in [0.717, 1.165) is 11.3 Å². The van der Waals surface area contributed by atoms with Crippen LogP contribution in [0.15, 0.2) is 78.9 Å². The predicted molar refractivity (Wildman–Crippen MR) is 117 cm³/mol. The first-order valence-corrected chi connectivity index (χ1v) is 10.4. The zero-order chi connectivity index (χ0) is 22.2. The van der Waals surface area contributed by atoms with Gasteiger partial charge in [-0.2, -0.15) is 0 Å². The van der Waals surface area contributed by atoms with E-state index in [2.05, 4.69) is 0 Å². The van der Waals surface area contributed by atoms with Crippen molar-refractivity contribution in [1.82, 2.24) is 4.90 Å². The summed E-state index contributed by atoms with van der Waals surface area (Å²) in [6.07, 6.45) is -0.920. The molecule has 3 atom stereocenters. The number of imide groups is 1. The summed E-state index contributed by atoms with van der Waals surface area (Å²) in [7, 11) is 1.47. The predicted octanol–water partition coefficient (Wildman–Crippen LogP) is 3.45. The van der Waals surface area contributed by atoms with E-state index in [9.17, 15) is 14.7 Å². The van der Waals surface area contributed by atoms with Crippen molar-refractivity contribution in [2.45, 2.75) is 18.7 Å². The van der Waals surface area contributed by atoms with Gasteiger partial charge in [0.05, 0.1) is 25.4 Å². The number of hydrogen-bond acceptors (Lipinski definition) is 6. The second-order valence-corrected chi connectivity index (χ2v) is 7.84. The maximum Gasteiger partial charge on any atom is 0.262 e. The first kappa shape index (κ1) is 20.1. The van der Waals surface area contributed by atoms with Gasteiger partial charge in [-0.3, -0.25) is 19.3 Å². The van der Waals surface area contributed by atoms with Crippen LogP contribution in [-0.4, -0.2) is 35.0 Å². The number of anilines is 1. The molecule has 2 saturated heterocycles. The smallest absolute Gasteiger partial charge is 0.262 e. The SMILES string of the molecule is COc1cc([C@H]2[C@H]3C(=O)N(Cc4ccccc4)C(=O)[C@@H]3ON2c2ccccc2)ccc1O. The lowest BCUT2D eigenvalue weighted by Gasteiger charge is -2.29. The molecule has 0 radical (unpaired) electrons. The van der Waals surface area contributed by atoms with Crippen LogP contribution >= 0.6 is 0 Å². The summed E-state index contributed by atoms with van der Waals surface area (Å²) in [5.41, 5.74) is 2.31. The number of para-hydroxylation sites is 1. The standard InChI is InChI=1S/C25H22N2O5/c1-31-20-14-17(12-13-19(20)28)22-21-23(32-27(22)18-10-6-3-7-11-18)25(30)26(24(21)29)15-16-8-4-2-5-9-16/h2-14,21-23,28H,15H2,1H3/t21-,22+,23-/m1/s1. The summed E-state index contributed by atoms with van der Waals surface area (Å²) < 4.78 is 5.27. The van der Waals surface area contributed by atoms with Gasteiger partial charge in [0, 0.05) is 0 Å². The van der Waals surface area contributed by atoms with E-state index in [1.165, 1.54) is 18.1 Å². The van der Waals surface area contributed by atoms with E-state index in [1.807, 2.05) is 60.7 Å². The molecule has 5 rings (SSSR count). The number of nitrogens with zero attached hydrogens (tertiary/aromatic N) is 2. The molecule has 2 amide bonds. The van der Waals surface area contributed by atoms with Crippen molar-refractivity contribution >= 4 is 17.5 Å². The molecule has 7 heteroatoms. The molecule has 0 unspecified atom stereocenters. The minimum atomic E-state index is -0.920. The molecule has 3 aromatic rings. The Bertz CT molecular complexity index is 1150. The molecule has 0 aliphatic carbocycles. The Morgan fingerprint density at radius 2 is 1.62 bits per heavy atom. The summed E-state index contributed by atoms with van der Waals surface area (Å²) in [4.78, 5) is 34.1. The normalized spacial score (nSPS) is 22.3. The van der Waals surface area contributed by atoms with Crippen molar-refractivity contribution in [1.29, 1.82) is 0 Å². The van der Waals surface area contributed by atoms with Crippen LogP contribution in [0.1, 0.15) is 17.2 Å². The number of benzene rings is 3. The van der Waals surface area contributed by atoms with E-state index in [1.54, 1.807) is 17.2 Å². The molecule has 2 heterocycles. The number of likely N-dealkylation sites (tertiary alicyclic amines) is 1. The summed E-state index contributed by atoms with van der Waals surface area (Å²) >= 11 is 0. The van der Waals surface area contributed by atoms with Crippen molar-refractivity contribution in [2.75, 3.05) is 12.2 Å². The average Bonchev–Trinajstić information content (AvgIpc) is 3.33. The van der Waals surface area contributed by atoms with Crippen LogP contribution in [0.4, 0.5) is 5.69 Å². The van der Waals surface area contributed by atoms with Crippen molar-refractivity contribution in [3.63, 3.8) is 0 Å². The number of carbonyl (C=O) groups is 2. The molecule has 0 saturated carbocycles. The van der Waals surface area contributed by atoms with Gasteiger partial charge in [-0.05, 0) is 35.4 Å². The van der Waals surface area contributed by atoms with Crippen molar-refractivity contribution in [3.8, 4) is 11.5 Å². The number of carbonyl (C=O) groups excluding carboxylic acids is 2. The molecule has 32 heavy (non-hydrogen) atoms. The molecular weight excluding hydrogens is 408 g/mol. The van der Waals surface area contributed by atoms with Gasteiger partial charge in [0.25, 0.3) is 5.91 Å². The summed E-state index contributed by atoms with van der Waals surface area (Å²) in [6, 6.07) is 23.1. The second kappa shape index (κ2) is 8.01. The lowest BCUT2D eigenvalue weighted by molar-refractivity contribution is -0.143. The number of fused-ring (bicyclic) bond motifs is 1. The third-order valence-electron chi connectivity index (χ3n) is 5.95. The van der Waals surface area contributed by atoms with E-state index >= 15 is 0 Å². The van der Waals surface area contributed by atoms with Crippen LogP contribution in [0.5, 0.6) is 11.5 Å². The number of methoxy groups -OCH3 is 1. The molecule has 1 N–H and O–H groups in total. The minimum absolute atomic E-state index is 0.00231. The monoisotopic (exact) mass is 430 g/mol. The van der Waals surface area contributed by atoms with Crippen LogP contribution in [0, 0.1) is 5.92 Å². The van der Waals surface area contributed by atoms with E-state index < -0.39 is 18.1 Å². The van der Waals surface area contributed by atoms with Gasteiger partial charge in [0.1, 0.15) is 5.92 Å². The second-order valence-electron chi connectivity index (χ2n) is 7.84. The van der Waals surface area contributed by atoms with Gasteiger partial charge in [-0.25, -0.2) is 5.06 Å². The zero-order valence-corrected chi connectivity index (χ0v) is 17.4. The number of ether oxygens (including phenoxy) is 1. The van der Waals surface area contributed by atoms with E-state index in [4.69, 9.17) is 9.57 Å². The van der Waals surface area contributed by atoms with Crippen molar-refractivity contribution < 1.29 is 24.3 Å². The molecule has 7 nitrogen and oxygen atoms in total. The third-order valence-corrected chi connectivity index (χ3v) is 5.95. The largest absolute Gasteiger partial charge is 0.504 e. The van der Waals surface area contributed by atoms with Crippen LogP contribution in [0.3, 0.4) is 0 Å². The number of hydrogen-bond donors (Lipinski definition) is 1. The van der Waals surface area contributed by atoms with Crippen molar-refractivity contribution in [3.05, 3.63) is 90.0 Å². The molecule has 0 spiro atoms. The highest BCUT2D eigenvalue weighted by atomic mass is 16.7. The topological polar surface area (TPSA) is 79.3 Å². The number of phenolic OH excluding ortho intramolecular Hbond substituents is 1. The molecule has 162 valence electrons. The molecular formula is C25H22N2O5. The van der Waals surface area contributed by atoms with Gasteiger partial charge in [0.15, 0.2) is 17.6 Å². The zero-order valence-electron chi connectivity index (χ0n) is 17.4. The van der Waals surface area contributed by atoms with E-state index in [-0.39, 0.29) is 29.9 Å². The molecule has 2 aliphatic rings. The highest BCUT2D eigenvalue weighted by molar-refractivity contribution is 6.07. The average molecular weight is 430 g/mol. The number of aromatic hydroxyl groups is 1. The van der Waals surface area contributed by atoms with Crippen LogP contribution < -0.4 is 9.80 Å². The van der Waals surface area contributed by atoms with Gasteiger partial charge in [-0.1, -0.05) is 54.6 Å². The Hall–Kier alpha value is -3.84. The quantitative estimate of drug-likeness (QED) is 0.625. The molecule has 2 fully saturated rings. The summed E-state index contributed by atoms with van der Waals surface area (Å²) in [5, 5.41) is 11.7. The lowest BCUT2D eigenvalue weighted by Crippen LogP contribution is -2.36. The fraction of sp³-hybridized carbons (Fsp3) is 0.200. The number of hydroxylamine groups is 1. The fourth-order valence-corrected chi connectivity index (χ4v) is 4.41. The summed E-state index contributed by atoms with van der Waals surface area (Å²) in [6.45, 7) is 0.200. The lowest BCUT2D eigenvalue weighted by atomic mass is 9.90. The Morgan fingerprint density at radius 3 is 2.31 bits per heavy atom. The maximum absolute atomic E-state index is 13.5. The molecule has 2 aliphatic heterocycles. The molecule has 0 bridgehead atoms. The van der Waals surface area contributed by atoms with Crippen LogP contribution in [-0.2, 0) is 21.0 Å². The third kappa shape index (κ3) is 3.27. The Balaban J connectivity index is 1.55. The number of rotatable bonds is 5. The van der Waals surface area contributed by atoms with Crippen LogP contribution in [0.25, 0.3) is 0 Å². The summed E-state index contributed by atoms with van der Waals surface area (Å²) in [5.74, 6) is -1.06. The van der Waals surface area contributed by atoms with Gasteiger partial charge < -0.3 is 9.84 Å². The van der Waals surface area contributed by atoms with Gasteiger partial charge >= 0.3 is 0 Å². The van der Waals surface area contributed by atoms with Gasteiger partial charge in [-0.15, -0.1) is 0 Å². The van der Waals surface area contributed by atoms with E-state index in [0.29, 0.717) is 5.56 Å². The fourth-order valence-electron chi connectivity index (χ4n) is 4.41. The molecule has 3 aromatic carbocycles. The highest BCUT2D eigenvalue weighted by Crippen LogP contribution is 2.48. The Labute approximate surface area is 185 Å². The first-order valence-electron chi connectivity index (χ1n) is 10.4. The molecule has 0 aromatic heterocycles. The Kier molecular flexibility index (Phi) is 5.03. The maximum atomic E-state index is 13.5. The number of phenols is 1.